The predicted octanol–water partition coefficient (Wildman–Crippen LogP) is 1.37. The average Bonchev–Trinajstić information content (AvgIpc) is 2.30. The number of nitrogen functional groups attached to an aromatic ring is 1. The van der Waals surface area contributed by atoms with Gasteiger partial charge in [-0.2, -0.15) is 0 Å². The van der Waals surface area contributed by atoms with Gasteiger partial charge in [0.25, 0.3) is 5.91 Å². The van der Waals surface area contributed by atoms with Gasteiger partial charge >= 0.3 is 0 Å². The molecule has 0 aliphatic heterocycles. The first-order valence-electron chi connectivity index (χ1n) is 5.94. The van der Waals surface area contributed by atoms with Gasteiger partial charge in [0.15, 0.2) is 11.5 Å². The minimum Gasteiger partial charge on any atom is -0.382 e. The highest BCUT2D eigenvalue weighted by molar-refractivity contribution is 5.94. The monoisotopic (exact) mass is 256 g/mol. The Bertz CT molecular complexity index is 617. The predicted molar refractivity (Wildman–Crippen MR) is 73.7 cm³/mol. The van der Waals surface area contributed by atoms with E-state index in [2.05, 4.69) is 28.2 Å². The van der Waals surface area contributed by atoms with Crippen molar-refractivity contribution < 1.29 is 4.79 Å². The average molecular weight is 256 g/mol. The van der Waals surface area contributed by atoms with E-state index in [0.29, 0.717) is 12.1 Å². The molecule has 2 rings (SSSR count). The van der Waals surface area contributed by atoms with Crippen LogP contribution in [0.4, 0.5) is 5.82 Å². The van der Waals surface area contributed by atoms with Crippen LogP contribution in [-0.2, 0) is 6.42 Å². The van der Waals surface area contributed by atoms with Crippen LogP contribution in [0.3, 0.4) is 0 Å². The summed E-state index contributed by atoms with van der Waals surface area (Å²) in [5, 5.41) is 0. The summed E-state index contributed by atoms with van der Waals surface area (Å²) in [6.45, 7) is 4.08. The number of carbonyl (C=O) groups is 1. The van der Waals surface area contributed by atoms with E-state index in [0.717, 1.165) is 5.56 Å². The number of aryl methyl sites for hydroxylation is 2. The lowest BCUT2D eigenvalue weighted by molar-refractivity contribution is 0.0996. The highest BCUT2D eigenvalue weighted by Gasteiger charge is 2.10. The number of nitrogens with two attached hydrogens (primary N) is 2. The highest BCUT2D eigenvalue weighted by atomic mass is 16.1. The number of hydrogen-bond acceptors (Lipinski definition) is 4. The van der Waals surface area contributed by atoms with Gasteiger partial charge in [-0.25, -0.2) is 9.97 Å². The first-order chi connectivity index (χ1) is 8.95. The fourth-order valence-electron chi connectivity index (χ4n) is 2.08. The Morgan fingerprint density at radius 2 is 1.84 bits per heavy atom. The van der Waals surface area contributed by atoms with Gasteiger partial charge in [0.05, 0.1) is 11.9 Å². The maximum Gasteiger partial charge on any atom is 0.271 e. The zero-order valence-corrected chi connectivity index (χ0v) is 11.0. The summed E-state index contributed by atoms with van der Waals surface area (Å²) >= 11 is 0. The van der Waals surface area contributed by atoms with Crippen LogP contribution in [0.25, 0.3) is 0 Å². The van der Waals surface area contributed by atoms with Crippen LogP contribution in [0, 0.1) is 13.8 Å². The van der Waals surface area contributed by atoms with Gasteiger partial charge in [0.1, 0.15) is 0 Å². The van der Waals surface area contributed by atoms with Crippen LogP contribution in [-0.4, -0.2) is 15.9 Å². The molecule has 0 unspecified atom stereocenters. The van der Waals surface area contributed by atoms with E-state index in [1.807, 2.05) is 13.8 Å². The molecule has 0 saturated carbocycles. The standard InChI is InChI=1S/C14H16N4O/c1-8-3-9(2)5-10(4-8)6-11-7-17-13(15)12(18-11)14(16)19/h3-5,7H,6H2,1-2H3,(H2,15,17)(H2,16,19). The number of hydrogen-bond donors (Lipinski definition) is 2. The van der Waals surface area contributed by atoms with Crippen LogP contribution in [0.2, 0.25) is 0 Å². The molecule has 0 spiro atoms. The summed E-state index contributed by atoms with van der Waals surface area (Å²) in [7, 11) is 0. The second-order valence-corrected chi connectivity index (χ2v) is 4.63. The quantitative estimate of drug-likeness (QED) is 0.866. The summed E-state index contributed by atoms with van der Waals surface area (Å²) in [4.78, 5) is 19.3. The van der Waals surface area contributed by atoms with Crippen LogP contribution in [0.15, 0.2) is 24.4 Å². The number of benzene rings is 1. The topological polar surface area (TPSA) is 94.9 Å². The fraction of sp³-hybridized carbons (Fsp3) is 0.214. The molecule has 1 aromatic carbocycles. The third kappa shape index (κ3) is 3.07. The van der Waals surface area contributed by atoms with Gasteiger partial charge in [-0.05, 0) is 19.4 Å². The molecular weight excluding hydrogens is 240 g/mol. The van der Waals surface area contributed by atoms with Crippen LogP contribution >= 0.6 is 0 Å². The lowest BCUT2D eigenvalue weighted by Gasteiger charge is -2.06. The summed E-state index contributed by atoms with van der Waals surface area (Å²) in [6.07, 6.45) is 2.16. The van der Waals surface area contributed by atoms with Crippen molar-refractivity contribution >= 4 is 11.7 Å². The van der Waals surface area contributed by atoms with Crippen LogP contribution in [0.5, 0.6) is 0 Å². The number of nitrogens with zero attached hydrogens (tertiary/aromatic N) is 2. The number of primary amides is 1. The van der Waals surface area contributed by atoms with Crippen molar-refractivity contribution in [1.82, 2.24) is 9.97 Å². The Labute approximate surface area is 111 Å². The second-order valence-electron chi connectivity index (χ2n) is 4.63. The smallest absolute Gasteiger partial charge is 0.271 e. The third-order valence-corrected chi connectivity index (χ3v) is 2.75. The first-order valence-corrected chi connectivity index (χ1v) is 5.94. The summed E-state index contributed by atoms with van der Waals surface area (Å²) in [6, 6.07) is 6.26. The van der Waals surface area contributed by atoms with Crippen molar-refractivity contribution in [2.45, 2.75) is 20.3 Å². The Kier molecular flexibility index (Phi) is 3.46. The van der Waals surface area contributed by atoms with Crippen molar-refractivity contribution in [1.29, 1.82) is 0 Å². The summed E-state index contributed by atoms with van der Waals surface area (Å²) < 4.78 is 0. The summed E-state index contributed by atoms with van der Waals surface area (Å²) in [5.74, 6) is -0.594. The molecule has 19 heavy (non-hydrogen) atoms. The highest BCUT2D eigenvalue weighted by Crippen LogP contribution is 2.14. The van der Waals surface area contributed by atoms with Gasteiger partial charge < -0.3 is 11.5 Å². The molecule has 0 bridgehead atoms. The zero-order chi connectivity index (χ0) is 14.0. The molecule has 2 aromatic rings. The van der Waals surface area contributed by atoms with Gasteiger partial charge in [-0.3, -0.25) is 4.79 Å². The molecule has 98 valence electrons. The minimum absolute atomic E-state index is 0.0295. The molecule has 4 N–H and O–H groups in total. The Morgan fingerprint density at radius 3 is 2.42 bits per heavy atom. The zero-order valence-electron chi connectivity index (χ0n) is 11.0. The normalized spacial score (nSPS) is 10.4. The molecule has 5 heteroatoms. The molecule has 0 radical (unpaired) electrons. The molecule has 0 saturated heterocycles. The van der Waals surface area contributed by atoms with Crippen molar-refractivity contribution in [2.24, 2.45) is 5.73 Å². The Hall–Kier alpha value is -2.43. The number of rotatable bonds is 3. The SMILES string of the molecule is Cc1cc(C)cc(Cc2cnc(N)c(C(N)=O)n2)c1. The van der Waals surface area contributed by atoms with E-state index in [4.69, 9.17) is 11.5 Å². The van der Waals surface area contributed by atoms with E-state index in [-0.39, 0.29) is 11.5 Å². The summed E-state index contributed by atoms with van der Waals surface area (Å²) in [5.41, 5.74) is 15.0. The first kappa shape index (κ1) is 13.0. The van der Waals surface area contributed by atoms with Gasteiger partial charge in [0.2, 0.25) is 0 Å². The van der Waals surface area contributed by atoms with Crippen molar-refractivity contribution in [2.75, 3.05) is 5.73 Å². The maximum absolute atomic E-state index is 11.2. The van der Waals surface area contributed by atoms with Crippen molar-refractivity contribution in [3.63, 3.8) is 0 Å². The lowest BCUT2D eigenvalue weighted by Crippen LogP contribution is -2.17. The van der Waals surface area contributed by atoms with E-state index >= 15 is 0 Å². The fourth-order valence-corrected chi connectivity index (χ4v) is 2.08. The van der Waals surface area contributed by atoms with Crippen LogP contribution in [0.1, 0.15) is 32.9 Å². The Morgan fingerprint density at radius 1 is 1.21 bits per heavy atom. The molecule has 0 atom stereocenters. The van der Waals surface area contributed by atoms with E-state index < -0.39 is 5.91 Å². The Balaban J connectivity index is 2.33. The van der Waals surface area contributed by atoms with Crippen molar-refractivity contribution in [3.8, 4) is 0 Å². The number of aromatic nitrogens is 2. The second kappa shape index (κ2) is 5.06. The number of anilines is 1. The number of amides is 1. The molecule has 0 aliphatic carbocycles. The minimum atomic E-state index is -0.660. The van der Waals surface area contributed by atoms with Gasteiger partial charge in [-0.15, -0.1) is 0 Å². The van der Waals surface area contributed by atoms with E-state index in [9.17, 15) is 4.79 Å². The molecule has 1 heterocycles. The third-order valence-electron chi connectivity index (χ3n) is 2.75. The van der Waals surface area contributed by atoms with Crippen molar-refractivity contribution in [3.05, 3.63) is 52.5 Å². The largest absolute Gasteiger partial charge is 0.382 e. The lowest BCUT2D eigenvalue weighted by atomic mass is 10.0. The molecule has 0 aliphatic rings. The number of carbonyl (C=O) groups excluding carboxylic acids is 1. The van der Waals surface area contributed by atoms with Gasteiger partial charge in [0, 0.05) is 6.42 Å². The van der Waals surface area contributed by atoms with Gasteiger partial charge in [-0.1, -0.05) is 29.3 Å². The molecule has 1 amide bonds. The molecule has 1 aromatic heterocycles. The molecular formula is C14H16N4O. The maximum atomic E-state index is 11.2. The molecule has 0 fully saturated rings. The van der Waals surface area contributed by atoms with E-state index in [1.165, 1.54) is 11.1 Å². The van der Waals surface area contributed by atoms with Crippen LogP contribution < -0.4 is 11.5 Å². The van der Waals surface area contributed by atoms with E-state index in [1.54, 1.807) is 6.20 Å². The molecule has 5 nitrogen and oxygen atoms in total.